The second-order valence-corrected chi connectivity index (χ2v) is 37.2. The van der Waals surface area contributed by atoms with Gasteiger partial charge in [-0.05, 0) is 74.6 Å². The fourth-order valence-electron chi connectivity index (χ4n) is 15.4. The van der Waals surface area contributed by atoms with E-state index in [0.717, 1.165) is 47.1 Å². The lowest BCUT2D eigenvalue weighted by Gasteiger charge is -2.32. The molecule has 2 aromatic carbocycles. The van der Waals surface area contributed by atoms with Gasteiger partial charge in [0.15, 0.2) is 11.6 Å². The second kappa shape index (κ2) is 54.7. The smallest absolute Gasteiger partial charge is 0.373 e. The van der Waals surface area contributed by atoms with E-state index >= 15 is 9.59 Å². The Labute approximate surface area is 803 Å². The molecule has 3 aliphatic heterocycles. The zero-order valence-corrected chi connectivity index (χ0v) is 80.1. The minimum atomic E-state index is -1.99. The number of benzene rings is 2. The fraction of sp³-hybridized carbons (Fsp3) is 0.557. The number of carboxylic acid groups (broad SMARTS) is 1. The Balaban J connectivity index is 0.00000852. The molecule has 0 unspecified atom stereocenters. The Hall–Kier alpha value is -13.2. The summed E-state index contributed by atoms with van der Waals surface area (Å²) in [6.45, 7) is 6.01. The Morgan fingerprint density at radius 1 is 0.558 bits per heavy atom. The van der Waals surface area contributed by atoms with E-state index in [1.54, 1.807) is 74.8 Å². The van der Waals surface area contributed by atoms with Crippen LogP contribution in [-0.4, -0.2) is 309 Å². The Morgan fingerprint density at radius 2 is 1.07 bits per heavy atom. The highest BCUT2D eigenvalue weighted by Crippen LogP contribution is 2.26. The number of carboxylic acids is 1. The predicted molar refractivity (Wildman–Crippen MR) is 502 cm³/mol. The minimum Gasteiger partial charge on any atom is -0.481 e. The van der Waals surface area contributed by atoms with Gasteiger partial charge in [0, 0.05) is 143 Å². The van der Waals surface area contributed by atoms with Crippen LogP contribution in [0.5, 0.6) is 0 Å². The van der Waals surface area contributed by atoms with Gasteiger partial charge in [-0.2, -0.15) is 33.1 Å². The zero-order chi connectivity index (χ0) is 102. The summed E-state index contributed by atoms with van der Waals surface area (Å²) in [6, 6.07) is -1.84. The number of ketones is 3. The van der Waals surface area contributed by atoms with E-state index < -0.39 is 307 Å². The van der Waals surface area contributed by atoms with Crippen molar-refractivity contribution >= 4 is 175 Å². The number of aromatic amines is 2. The number of Topliss-reactive ketones (excluding diaryl/α,β-unsaturated/α-hetero) is 3. The third-order valence-corrected chi connectivity index (χ3v) is 26.2. The number of carbonyl (C=O) groups excluding carboxylic acids is 20. The first-order chi connectivity index (χ1) is 65.5. The van der Waals surface area contributed by atoms with Crippen molar-refractivity contribution in [1.82, 2.24) is 97.3 Å². The number of primary amides is 1. The van der Waals surface area contributed by atoms with Crippen LogP contribution in [0.2, 0.25) is 0 Å². The van der Waals surface area contributed by atoms with E-state index in [1.165, 1.54) is 39.6 Å². The van der Waals surface area contributed by atoms with Crippen LogP contribution >= 0.6 is 35.3 Å². The Kier molecular flexibility index (Phi) is 44.3. The topological polar surface area (TPSA) is 699 Å². The van der Waals surface area contributed by atoms with E-state index in [2.05, 4.69) is 73.8 Å². The van der Waals surface area contributed by atoms with Crippen LogP contribution in [-0.2, 0) is 133 Å². The van der Waals surface area contributed by atoms with Crippen molar-refractivity contribution in [3.05, 3.63) is 104 Å². The van der Waals surface area contributed by atoms with Crippen LogP contribution < -0.4 is 92.3 Å². The molecule has 0 radical (unpaired) electrons. The van der Waals surface area contributed by atoms with E-state index in [-0.39, 0.29) is 82.1 Å². The first-order valence-electron chi connectivity index (χ1n) is 44.8. The highest BCUT2D eigenvalue weighted by molar-refractivity contribution is 8.00. The average molecular weight is 1990 g/mol. The third kappa shape index (κ3) is 33.0. The highest BCUT2D eigenvalue weighted by atomic mass is 32.2. The summed E-state index contributed by atoms with van der Waals surface area (Å²) in [7, 11) is 1.34. The van der Waals surface area contributed by atoms with Gasteiger partial charge in [0.05, 0.1) is 66.8 Å². The number of nitrogens with two attached hydrogens (primary N) is 2. The molecule has 138 heavy (non-hydrogen) atoms. The Morgan fingerprint density at radius 3 is 1.62 bits per heavy atom. The molecule has 47 nitrogen and oxygen atoms in total. The number of aliphatic carboxylic acids is 1. The molecule has 4 bridgehead atoms. The summed E-state index contributed by atoms with van der Waals surface area (Å²) in [5, 5.41) is 53.2. The molecule has 3 aliphatic rings. The summed E-state index contributed by atoms with van der Waals surface area (Å²) in [6.07, 6.45) is -2.08. The summed E-state index contributed by atoms with van der Waals surface area (Å²) in [4.78, 5) is 337. The summed E-state index contributed by atoms with van der Waals surface area (Å²) in [5.74, 6) is -24.7. The molecular weight excluding hydrogens is 1860 g/mol. The van der Waals surface area contributed by atoms with E-state index in [0.29, 0.717) is 46.6 Å². The van der Waals surface area contributed by atoms with Gasteiger partial charge in [0.25, 0.3) is 0 Å². The molecule has 3 aromatic heterocycles. The number of aliphatic hydroxyl groups excluding tert-OH is 1. The molecule has 50 heteroatoms. The van der Waals surface area contributed by atoms with Crippen molar-refractivity contribution < 1.29 is 111 Å². The number of aliphatic hydroxyl groups is 1. The van der Waals surface area contributed by atoms with Crippen molar-refractivity contribution in [1.29, 1.82) is 0 Å². The highest BCUT2D eigenvalue weighted by Gasteiger charge is 2.43. The maximum atomic E-state index is 15.4. The first-order valence-corrected chi connectivity index (χ1v) is 48.3. The molecule has 0 spiro atoms. The maximum absolute atomic E-state index is 15.4. The number of fused-ring (bicyclic) bond motifs is 12. The number of para-hydroxylation sites is 2. The van der Waals surface area contributed by atoms with E-state index in [9.17, 15) is 106 Å². The number of carbonyl (C=O) groups is 19. The number of thioether (sulfide) groups is 3. The molecule has 0 saturated carbocycles. The van der Waals surface area contributed by atoms with E-state index in [1.807, 2.05) is 0 Å². The lowest BCUT2D eigenvalue weighted by atomic mass is 9.96. The van der Waals surface area contributed by atoms with Crippen LogP contribution in [0, 0.1) is 23.7 Å². The molecule has 0 aliphatic carbocycles. The minimum absolute atomic E-state index is 0.00140. The first kappa shape index (κ1) is 112. The van der Waals surface area contributed by atoms with Gasteiger partial charge in [-0.3, -0.25) is 91.1 Å². The summed E-state index contributed by atoms with van der Waals surface area (Å²) >= 11 is 2.45. The fourth-order valence-corrected chi connectivity index (χ4v) is 18.3. The molecule has 1 saturated heterocycles. The number of rotatable bonds is 19. The SMILES string of the molecule is CC[C@@H]1NC(=O)[C@H]([C@@H](C)O)NC(=O)[C@@H](CC(=O)[C@H](C)NC(=O)CN(C)C(=O)CCN)CSCC(=O)NCCn2c(=O)n3c(=O)n(c2=O)CCNC(=O)CSC[C@@H](C(N)=O)NC(=O)[C@@H]2CCCN2C(=O)[C@H](C(C)C)NC(=O)[C@H](Cc2c[nH]c4ccccc24)NC(=O)CNC(=O)[C@H](CC(=O)O)NC(=O)[C@H](C(C)C)NC(=O)[C@H](Cc2c[nH]c4ccccc24)NC(=O)[C@H](CSCC(=O)CCC3)CC1=O.O=C=O. The molecule has 20 N–H and O–H groups in total. The predicted octanol–water partition coefficient (Wildman–Crippen LogP) is -5.64. The van der Waals surface area contributed by atoms with Crippen LogP contribution in [0.1, 0.15) is 117 Å². The standard InChI is InChI=1S/C87H121N21O24S3.CO2/c1-9-56-65(112)33-52-39-133-41-53(110)16-14-27-106-85(130)107(28-24-90-68(115)43-134-40-51(77(122)103-74(48(7)109)83(128)97-56)32-64(111)47(6)95-67(114)38-104(8)70(117)22-23-88)87(132)108(86(106)131)29-25-91-69(116)44-135-42-62(75(89)120)100-81(126)63-21-15-26-105(63)84(129)73(46(4)5)102-79(124)59(30-49-35-92-57-19-12-10-17-54(49)57)96-66(113)37-94-78(123)61(34-71(118)119)99-82(127)72(45(2)3)101-80(125)60(98-76(52)121)31-50-36-93-58-20-13-11-18-55(50)58;2-1-3/h10-13,17-20,35-36,45-48,51-52,56,59-63,72-74,92-93,109H,9,14-16,21-34,37-44,88H2,1-8H3,(H2,89,120)(H,90,115)(H,91,116)(H,94,123)(H,95,114)(H,96,113)(H,97,128)(H,98,121)(H,99,127)(H,100,126)(H,101,125)(H,102,124)(H,103,122)(H,118,119);/t47-,48+,51-,52-,56-,59-,60-,61-,62-,63-,72-,73-,74-;/m0./s1. The number of hydrogen-bond donors (Lipinski definition) is 18. The van der Waals surface area contributed by atoms with Crippen molar-refractivity contribution in [3.8, 4) is 0 Å². The van der Waals surface area contributed by atoms with E-state index in [4.69, 9.17) is 21.1 Å². The van der Waals surface area contributed by atoms with Gasteiger partial charge >= 0.3 is 29.2 Å². The number of H-pyrrole nitrogens is 2. The van der Waals surface area contributed by atoms with Gasteiger partial charge in [-0.15, -0.1) is 11.8 Å². The quantitative estimate of drug-likeness (QED) is 0.0366. The molecule has 15 amide bonds. The third-order valence-electron chi connectivity index (χ3n) is 22.9. The summed E-state index contributed by atoms with van der Waals surface area (Å²) < 4.78 is 1.89. The number of amides is 15. The lowest BCUT2D eigenvalue weighted by molar-refractivity contribution is -0.192. The Bertz CT molecular complexity index is 5510. The summed E-state index contributed by atoms with van der Waals surface area (Å²) in [5.41, 5.74) is 9.88. The van der Waals surface area contributed by atoms with Crippen LogP contribution in [0.25, 0.3) is 21.8 Å². The number of hydrogen-bond acceptors (Lipinski definition) is 29. The second-order valence-electron chi connectivity index (χ2n) is 34.1. The van der Waals surface area contributed by atoms with Crippen LogP contribution in [0.3, 0.4) is 0 Å². The van der Waals surface area contributed by atoms with Crippen LogP contribution in [0.4, 0.5) is 0 Å². The molecular formula is C88H121N21O26S3. The number of aromatic nitrogens is 5. The van der Waals surface area contributed by atoms with Crippen molar-refractivity contribution in [3.63, 3.8) is 0 Å². The van der Waals surface area contributed by atoms with Crippen molar-refractivity contribution in [2.45, 2.75) is 205 Å². The van der Waals surface area contributed by atoms with Gasteiger partial charge < -0.3 is 105 Å². The number of nitrogens with zero attached hydrogens (tertiary/aromatic N) is 5. The monoisotopic (exact) mass is 1980 g/mol. The molecule has 752 valence electrons. The van der Waals surface area contributed by atoms with Gasteiger partial charge in [-0.1, -0.05) is 71.0 Å². The average Bonchev–Trinajstić information content (AvgIpc) is 1.04. The van der Waals surface area contributed by atoms with Gasteiger partial charge in [-0.25, -0.2) is 28.1 Å². The van der Waals surface area contributed by atoms with Crippen molar-refractivity contribution in [2.75, 3.05) is 80.8 Å². The molecule has 1 fully saturated rings. The lowest BCUT2D eigenvalue weighted by Crippen LogP contribution is -2.60. The number of likely N-dealkylation sites (N-methyl/N-ethyl adjacent to an activating group) is 1. The number of nitrogens with one attached hydrogen (secondary N) is 14. The molecule has 5 aromatic rings. The normalized spacial score (nSPS) is 23.0. The largest absolute Gasteiger partial charge is 0.481 e. The van der Waals surface area contributed by atoms with Gasteiger partial charge in [0.2, 0.25) is 88.6 Å². The maximum Gasteiger partial charge on any atom is 0.373 e. The molecule has 13 atom stereocenters. The zero-order valence-electron chi connectivity index (χ0n) is 77.6. The van der Waals surface area contributed by atoms with Gasteiger partial charge in [0.1, 0.15) is 54.1 Å². The molecule has 6 heterocycles. The van der Waals surface area contributed by atoms with Crippen LogP contribution in [0.15, 0.2) is 75.3 Å². The van der Waals surface area contributed by atoms with Crippen molar-refractivity contribution in [2.24, 2.45) is 35.1 Å². The molecule has 8 rings (SSSR count).